The maximum atomic E-state index is 12.3. The van der Waals surface area contributed by atoms with E-state index in [4.69, 9.17) is 4.74 Å². The maximum Gasteiger partial charge on any atom is 0.360 e. The lowest BCUT2D eigenvalue weighted by atomic mass is 10.1. The highest BCUT2D eigenvalue weighted by molar-refractivity contribution is 6.04. The van der Waals surface area contributed by atoms with Crippen molar-refractivity contribution in [2.75, 3.05) is 0 Å². The van der Waals surface area contributed by atoms with E-state index in [9.17, 15) is 9.59 Å². The summed E-state index contributed by atoms with van der Waals surface area (Å²) in [5, 5.41) is 7.43. The van der Waals surface area contributed by atoms with Gasteiger partial charge in [0.2, 0.25) is 5.78 Å². The first kappa shape index (κ1) is 15.0. The molecule has 0 saturated heterocycles. The number of hydrogen-bond acceptors (Lipinski definition) is 4. The van der Waals surface area contributed by atoms with E-state index in [1.807, 2.05) is 37.3 Å². The number of ether oxygens (including phenoxy) is 1. The molecule has 0 radical (unpaired) electrons. The number of benzene rings is 2. The van der Waals surface area contributed by atoms with Crippen LogP contribution >= 0.6 is 0 Å². The van der Waals surface area contributed by atoms with Crippen LogP contribution in [0, 0.1) is 6.92 Å². The number of Topliss-reactive ketones (excluding diaryl/α,β-unsaturated/α-hetero) is 1. The molecule has 5 heteroatoms. The molecule has 0 aliphatic carbocycles. The number of esters is 1. The van der Waals surface area contributed by atoms with Gasteiger partial charge in [-0.3, -0.25) is 9.89 Å². The zero-order chi connectivity index (χ0) is 16.4. The molecule has 0 aliphatic rings. The average molecular weight is 308 g/mol. The highest BCUT2D eigenvalue weighted by atomic mass is 16.5. The quantitative estimate of drug-likeness (QED) is 0.593. The number of nitrogens with zero attached hydrogens (tertiary/aromatic N) is 1. The van der Waals surface area contributed by atoms with E-state index in [-0.39, 0.29) is 11.5 Å². The zero-order valence-electron chi connectivity index (χ0n) is 12.9. The largest absolute Gasteiger partial charge is 0.449 e. The number of nitrogens with one attached hydrogen (secondary N) is 1. The number of aryl methyl sites for hydroxylation is 1. The van der Waals surface area contributed by atoms with Gasteiger partial charge in [-0.05, 0) is 19.9 Å². The summed E-state index contributed by atoms with van der Waals surface area (Å²) in [6.07, 6.45) is -0.874. The lowest BCUT2D eigenvalue weighted by Gasteiger charge is -2.11. The van der Waals surface area contributed by atoms with Gasteiger partial charge in [-0.1, -0.05) is 48.0 Å². The first-order chi connectivity index (χ1) is 11.1. The van der Waals surface area contributed by atoms with Gasteiger partial charge in [-0.25, -0.2) is 4.79 Å². The van der Waals surface area contributed by atoms with Crippen molar-refractivity contribution < 1.29 is 14.3 Å². The van der Waals surface area contributed by atoms with Gasteiger partial charge in [-0.15, -0.1) is 0 Å². The molecule has 0 amide bonds. The SMILES string of the molecule is Cc1ccc(C(=O)[C@H](C)OC(=O)c2n[nH]c3ccccc23)cc1. The molecular formula is C18H16N2O3. The number of hydrogen-bond donors (Lipinski definition) is 1. The van der Waals surface area contributed by atoms with Crippen LogP contribution in [0.25, 0.3) is 10.9 Å². The summed E-state index contributed by atoms with van der Waals surface area (Å²) >= 11 is 0. The standard InChI is InChI=1S/C18H16N2O3/c1-11-7-9-13(10-8-11)17(21)12(2)23-18(22)16-14-5-3-4-6-15(14)19-20-16/h3-10,12H,1-2H3,(H,19,20)/t12-/m0/s1. The molecule has 0 aliphatic heterocycles. The van der Waals surface area contributed by atoms with Crippen LogP contribution in [0.15, 0.2) is 48.5 Å². The highest BCUT2D eigenvalue weighted by Gasteiger charge is 2.23. The second-order valence-corrected chi connectivity index (χ2v) is 5.40. The molecule has 0 bridgehead atoms. The number of aromatic amines is 1. The van der Waals surface area contributed by atoms with Crippen molar-refractivity contribution in [3.63, 3.8) is 0 Å². The van der Waals surface area contributed by atoms with Gasteiger partial charge in [0.15, 0.2) is 11.8 Å². The van der Waals surface area contributed by atoms with Crippen molar-refractivity contribution in [2.24, 2.45) is 0 Å². The predicted molar refractivity (Wildman–Crippen MR) is 86.5 cm³/mol. The van der Waals surface area contributed by atoms with E-state index in [0.29, 0.717) is 10.9 Å². The van der Waals surface area contributed by atoms with E-state index in [0.717, 1.165) is 11.1 Å². The van der Waals surface area contributed by atoms with E-state index >= 15 is 0 Å². The lowest BCUT2D eigenvalue weighted by Crippen LogP contribution is -2.24. The molecule has 0 fully saturated rings. The number of aromatic nitrogens is 2. The number of rotatable bonds is 4. The number of fused-ring (bicyclic) bond motifs is 1. The van der Waals surface area contributed by atoms with Gasteiger partial charge >= 0.3 is 5.97 Å². The fraction of sp³-hybridized carbons (Fsp3) is 0.167. The minimum atomic E-state index is -0.874. The van der Waals surface area contributed by atoms with Crippen molar-refractivity contribution in [3.8, 4) is 0 Å². The highest BCUT2D eigenvalue weighted by Crippen LogP contribution is 2.17. The molecule has 0 spiro atoms. The summed E-state index contributed by atoms with van der Waals surface area (Å²) in [4.78, 5) is 24.6. The normalized spacial score (nSPS) is 12.1. The Morgan fingerprint density at radius 2 is 1.78 bits per heavy atom. The summed E-state index contributed by atoms with van der Waals surface area (Å²) in [5.41, 5.74) is 2.51. The third-order valence-electron chi connectivity index (χ3n) is 3.65. The monoisotopic (exact) mass is 308 g/mol. The third kappa shape index (κ3) is 2.99. The Kier molecular flexibility index (Phi) is 3.93. The smallest absolute Gasteiger partial charge is 0.360 e. The molecule has 1 N–H and O–H groups in total. The molecular weight excluding hydrogens is 292 g/mol. The van der Waals surface area contributed by atoms with Gasteiger partial charge in [0.1, 0.15) is 0 Å². The Morgan fingerprint density at radius 3 is 2.52 bits per heavy atom. The van der Waals surface area contributed by atoms with Crippen LogP contribution < -0.4 is 0 Å². The molecule has 0 saturated carbocycles. The van der Waals surface area contributed by atoms with Crippen molar-refractivity contribution in [2.45, 2.75) is 20.0 Å². The van der Waals surface area contributed by atoms with Crippen LogP contribution in [0.3, 0.4) is 0 Å². The number of carbonyl (C=O) groups is 2. The Labute approximate surface area is 133 Å². The average Bonchev–Trinajstić information content (AvgIpc) is 2.99. The summed E-state index contributed by atoms with van der Waals surface area (Å²) < 4.78 is 5.28. The van der Waals surface area contributed by atoms with Gasteiger partial charge in [0.05, 0.1) is 5.52 Å². The minimum absolute atomic E-state index is 0.184. The van der Waals surface area contributed by atoms with Gasteiger partial charge in [0.25, 0.3) is 0 Å². The first-order valence-corrected chi connectivity index (χ1v) is 7.31. The summed E-state index contributed by atoms with van der Waals surface area (Å²) in [5.74, 6) is -0.853. The fourth-order valence-corrected chi connectivity index (χ4v) is 2.34. The molecule has 1 heterocycles. The number of para-hydroxylation sites is 1. The summed E-state index contributed by atoms with van der Waals surface area (Å²) in [6, 6.07) is 14.4. The van der Waals surface area contributed by atoms with E-state index < -0.39 is 12.1 Å². The van der Waals surface area contributed by atoms with E-state index in [1.54, 1.807) is 25.1 Å². The van der Waals surface area contributed by atoms with Crippen LogP contribution in [0.5, 0.6) is 0 Å². The Bertz CT molecular complexity index is 865. The first-order valence-electron chi connectivity index (χ1n) is 7.31. The van der Waals surface area contributed by atoms with Gasteiger partial charge < -0.3 is 4.74 Å². The Morgan fingerprint density at radius 1 is 1.09 bits per heavy atom. The van der Waals surface area contributed by atoms with Crippen LogP contribution in [-0.4, -0.2) is 28.1 Å². The number of H-pyrrole nitrogens is 1. The lowest BCUT2D eigenvalue weighted by molar-refractivity contribution is 0.0315. The summed E-state index contributed by atoms with van der Waals surface area (Å²) in [7, 11) is 0. The molecule has 1 atom stereocenters. The topological polar surface area (TPSA) is 72.1 Å². The van der Waals surface area contributed by atoms with Crippen LogP contribution in [-0.2, 0) is 4.74 Å². The molecule has 23 heavy (non-hydrogen) atoms. The van der Waals surface area contributed by atoms with E-state index in [1.165, 1.54) is 0 Å². The molecule has 116 valence electrons. The number of carbonyl (C=O) groups excluding carboxylic acids is 2. The van der Waals surface area contributed by atoms with E-state index in [2.05, 4.69) is 10.2 Å². The fourth-order valence-electron chi connectivity index (χ4n) is 2.34. The maximum absolute atomic E-state index is 12.3. The minimum Gasteiger partial charge on any atom is -0.449 e. The van der Waals surface area contributed by atoms with Crippen molar-refractivity contribution >= 4 is 22.7 Å². The molecule has 0 unspecified atom stereocenters. The Balaban J connectivity index is 1.77. The van der Waals surface area contributed by atoms with Crippen molar-refractivity contribution in [3.05, 3.63) is 65.4 Å². The molecule has 3 rings (SSSR count). The predicted octanol–water partition coefficient (Wildman–Crippen LogP) is 3.30. The zero-order valence-corrected chi connectivity index (χ0v) is 12.9. The Hall–Kier alpha value is -2.95. The number of ketones is 1. The molecule has 1 aromatic heterocycles. The van der Waals surface area contributed by atoms with Crippen molar-refractivity contribution in [1.29, 1.82) is 0 Å². The molecule has 3 aromatic rings. The van der Waals surface area contributed by atoms with Gasteiger partial charge in [-0.2, -0.15) is 5.10 Å². The van der Waals surface area contributed by atoms with Crippen LogP contribution in [0.1, 0.15) is 33.3 Å². The second kappa shape index (κ2) is 6.04. The van der Waals surface area contributed by atoms with Crippen molar-refractivity contribution in [1.82, 2.24) is 10.2 Å². The summed E-state index contributed by atoms with van der Waals surface area (Å²) in [6.45, 7) is 3.51. The van der Waals surface area contributed by atoms with Gasteiger partial charge in [0, 0.05) is 10.9 Å². The molecule has 5 nitrogen and oxygen atoms in total. The second-order valence-electron chi connectivity index (χ2n) is 5.40. The van der Waals surface area contributed by atoms with Crippen LogP contribution in [0.4, 0.5) is 0 Å². The van der Waals surface area contributed by atoms with Crippen LogP contribution in [0.2, 0.25) is 0 Å². The molecule has 2 aromatic carbocycles. The third-order valence-corrected chi connectivity index (χ3v) is 3.65.